The molecule has 1 aliphatic rings. The van der Waals surface area contributed by atoms with Gasteiger partial charge in [0.15, 0.2) is 0 Å². The molecule has 128 valence electrons. The lowest BCUT2D eigenvalue weighted by molar-refractivity contribution is -0.144. The highest BCUT2D eigenvalue weighted by Gasteiger charge is 2.25. The number of hydrogen-bond acceptors (Lipinski definition) is 6. The zero-order valence-electron chi connectivity index (χ0n) is 14.1. The third-order valence-electron chi connectivity index (χ3n) is 3.86. The Morgan fingerprint density at radius 1 is 1.33 bits per heavy atom. The summed E-state index contributed by atoms with van der Waals surface area (Å²) in [6, 6.07) is 0. The van der Waals surface area contributed by atoms with Gasteiger partial charge in [0, 0.05) is 31.0 Å². The Morgan fingerprint density at radius 2 is 2.08 bits per heavy atom. The minimum Gasteiger partial charge on any atom is -0.372 e. The van der Waals surface area contributed by atoms with Gasteiger partial charge in [-0.1, -0.05) is 0 Å². The molecule has 0 bridgehead atoms. The number of nitrogens with zero attached hydrogens (tertiary/aromatic N) is 5. The SMILES string of the molecule is Cc1cncnc1Nc1cnn(CC(=O)N2CC(C)OC(C)C2)c1. The summed E-state index contributed by atoms with van der Waals surface area (Å²) in [5.74, 6) is 0.775. The number of amides is 1. The number of hydrogen-bond donors (Lipinski definition) is 1. The van der Waals surface area contributed by atoms with Gasteiger partial charge in [-0.25, -0.2) is 9.97 Å². The maximum atomic E-state index is 12.4. The molecule has 24 heavy (non-hydrogen) atoms. The van der Waals surface area contributed by atoms with Crippen molar-refractivity contribution in [2.75, 3.05) is 18.4 Å². The van der Waals surface area contributed by atoms with Gasteiger partial charge in [0.1, 0.15) is 18.7 Å². The summed E-state index contributed by atoms with van der Waals surface area (Å²) >= 11 is 0. The maximum absolute atomic E-state index is 12.4. The number of carbonyl (C=O) groups is 1. The number of anilines is 2. The zero-order chi connectivity index (χ0) is 17.1. The number of nitrogens with one attached hydrogen (secondary N) is 1. The zero-order valence-corrected chi connectivity index (χ0v) is 14.1. The van der Waals surface area contributed by atoms with E-state index in [0.29, 0.717) is 13.1 Å². The van der Waals surface area contributed by atoms with Crippen molar-refractivity contribution >= 4 is 17.4 Å². The molecule has 0 saturated carbocycles. The van der Waals surface area contributed by atoms with Crippen LogP contribution in [0.3, 0.4) is 0 Å². The number of carbonyl (C=O) groups excluding carboxylic acids is 1. The summed E-state index contributed by atoms with van der Waals surface area (Å²) in [7, 11) is 0. The van der Waals surface area contributed by atoms with E-state index in [-0.39, 0.29) is 24.7 Å². The van der Waals surface area contributed by atoms with Gasteiger partial charge in [0.2, 0.25) is 5.91 Å². The average molecular weight is 330 g/mol. The van der Waals surface area contributed by atoms with Gasteiger partial charge in [0.05, 0.1) is 24.1 Å². The second-order valence-electron chi connectivity index (χ2n) is 6.16. The van der Waals surface area contributed by atoms with Crippen molar-refractivity contribution in [1.82, 2.24) is 24.6 Å². The first-order valence-electron chi connectivity index (χ1n) is 8.00. The highest BCUT2D eigenvalue weighted by Crippen LogP contribution is 2.16. The summed E-state index contributed by atoms with van der Waals surface area (Å²) in [6.45, 7) is 7.35. The van der Waals surface area contributed by atoms with Gasteiger partial charge in [-0.2, -0.15) is 5.10 Å². The van der Waals surface area contributed by atoms with Crippen LogP contribution in [0, 0.1) is 6.92 Å². The number of morpholine rings is 1. The molecular formula is C16H22N6O2. The Labute approximate surface area is 140 Å². The summed E-state index contributed by atoms with van der Waals surface area (Å²) < 4.78 is 7.29. The second-order valence-corrected chi connectivity index (χ2v) is 6.16. The van der Waals surface area contributed by atoms with Crippen LogP contribution >= 0.6 is 0 Å². The molecule has 0 aromatic carbocycles. The molecule has 0 aliphatic carbocycles. The van der Waals surface area contributed by atoms with Crippen LogP contribution in [-0.2, 0) is 16.1 Å². The Balaban J connectivity index is 1.61. The van der Waals surface area contributed by atoms with E-state index in [9.17, 15) is 4.79 Å². The van der Waals surface area contributed by atoms with Gasteiger partial charge in [-0.15, -0.1) is 0 Å². The third kappa shape index (κ3) is 3.88. The van der Waals surface area contributed by atoms with E-state index in [1.54, 1.807) is 23.3 Å². The van der Waals surface area contributed by atoms with Crippen molar-refractivity contribution in [3.8, 4) is 0 Å². The topological polar surface area (TPSA) is 85.2 Å². The van der Waals surface area contributed by atoms with Crippen LogP contribution in [0.2, 0.25) is 0 Å². The average Bonchev–Trinajstić information content (AvgIpc) is 2.96. The number of ether oxygens (including phenoxy) is 1. The number of rotatable bonds is 4. The van der Waals surface area contributed by atoms with E-state index in [1.807, 2.05) is 25.7 Å². The molecule has 1 saturated heterocycles. The lowest BCUT2D eigenvalue weighted by Crippen LogP contribution is -2.49. The second kappa shape index (κ2) is 6.96. The van der Waals surface area contributed by atoms with E-state index in [4.69, 9.17) is 4.74 Å². The molecule has 1 amide bonds. The largest absolute Gasteiger partial charge is 0.372 e. The van der Waals surface area contributed by atoms with Crippen LogP contribution in [-0.4, -0.2) is 55.9 Å². The molecule has 0 radical (unpaired) electrons. The van der Waals surface area contributed by atoms with Crippen molar-refractivity contribution in [1.29, 1.82) is 0 Å². The van der Waals surface area contributed by atoms with E-state index in [2.05, 4.69) is 20.4 Å². The van der Waals surface area contributed by atoms with Crippen molar-refractivity contribution in [3.05, 3.63) is 30.5 Å². The van der Waals surface area contributed by atoms with Gasteiger partial charge in [0.25, 0.3) is 0 Å². The van der Waals surface area contributed by atoms with Crippen molar-refractivity contribution in [2.24, 2.45) is 0 Å². The van der Waals surface area contributed by atoms with E-state index in [0.717, 1.165) is 17.1 Å². The molecule has 1 N–H and O–H groups in total. The van der Waals surface area contributed by atoms with Crippen molar-refractivity contribution in [3.63, 3.8) is 0 Å². The molecule has 2 aromatic rings. The Kier molecular flexibility index (Phi) is 4.75. The minimum absolute atomic E-state index is 0.0462. The van der Waals surface area contributed by atoms with Crippen LogP contribution in [0.1, 0.15) is 19.4 Å². The highest BCUT2D eigenvalue weighted by molar-refractivity contribution is 5.76. The van der Waals surface area contributed by atoms with Crippen molar-refractivity contribution < 1.29 is 9.53 Å². The molecule has 2 aromatic heterocycles. The molecular weight excluding hydrogens is 308 g/mol. The normalized spacial score (nSPS) is 20.9. The summed E-state index contributed by atoms with van der Waals surface area (Å²) in [6.07, 6.45) is 6.84. The Hall–Kier alpha value is -2.48. The number of aromatic nitrogens is 4. The van der Waals surface area contributed by atoms with E-state index in [1.165, 1.54) is 6.33 Å². The molecule has 2 atom stereocenters. The predicted molar refractivity (Wildman–Crippen MR) is 88.9 cm³/mol. The quantitative estimate of drug-likeness (QED) is 0.911. The highest BCUT2D eigenvalue weighted by atomic mass is 16.5. The molecule has 8 nitrogen and oxygen atoms in total. The standard InChI is InChI=1S/C16H22N6O2/c1-11-4-17-10-18-16(11)20-14-5-19-22(8-14)9-15(23)21-6-12(2)24-13(3)7-21/h4-5,8,10,12-13H,6-7,9H2,1-3H3,(H,17,18,20). The smallest absolute Gasteiger partial charge is 0.244 e. The minimum atomic E-state index is 0.0462. The fourth-order valence-corrected chi connectivity index (χ4v) is 2.80. The van der Waals surface area contributed by atoms with E-state index >= 15 is 0 Å². The van der Waals surface area contributed by atoms with Crippen LogP contribution < -0.4 is 5.32 Å². The Bertz CT molecular complexity index is 706. The number of aryl methyl sites for hydroxylation is 1. The summed E-state index contributed by atoms with van der Waals surface area (Å²) in [5, 5.41) is 7.43. The predicted octanol–water partition coefficient (Wildman–Crippen LogP) is 1.36. The summed E-state index contributed by atoms with van der Waals surface area (Å²) in [5.41, 5.74) is 1.73. The molecule has 1 fully saturated rings. The Morgan fingerprint density at radius 3 is 2.79 bits per heavy atom. The van der Waals surface area contributed by atoms with Crippen LogP contribution in [0.15, 0.2) is 24.9 Å². The van der Waals surface area contributed by atoms with Crippen molar-refractivity contribution in [2.45, 2.75) is 39.5 Å². The maximum Gasteiger partial charge on any atom is 0.244 e. The molecule has 1 aliphatic heterocycles. The molecule has 3 rings (SSSR count). The van der Waals surface area contributed by atoms with Crippen LogP contribution in [0.5, 0.6) is 0 Å². The monoisotopic (exact) mass is 330 g/mol. The molecule has 0 spiro atoms. The van der Waals surface area contributed by atoms with Gasteiger partial charge in [-0.05, 0) is 20.8 Å². The summed E-state index contributed by atoms with van der Waals surface area (Å²) in [4.78, 5) is 22.4. The van der Waals surface area contributed by atoms with E-state index < -0.39 is 0 Å². The van der Waals surface area contributed by atoms with Gasteiger partial charge < -0.3 is 15.0 Å². The first-order valence-corrected chi connectivity index (χ1v) is 8.00. The van der Waals surface area contributed by atoms with Gasteiger partial charge in [-0.3, -0.25) is 9.48 Å². The molecule has 8 heteroatoms. The third-order valence-corrected chi connectivity index (χ3v) is 3.86. The molecule has 3 heterocycles. The van der Waals surface area contributed by atoms with Gasteiger partial charge >= 0.3 is 0 Å². The first kappa shape index (κ1) is 16.4. The van der Waals surface area contributed by atoms with Crippen LogP contribution in [0.25, 0.3) is 0 Å². The van der Waals surface area contributed by atoms with Crippen LogP contribution in [0.4, 0.5) is 11.5 Å². The lowest BCUT2D eigenvalue weighted by atomic mass is 10.2. The fraction of sp³-hybridized carbons (Fsp3) is 0.500. The fourth-order valence-electron chi connectivity index (χ4n) is 2.80. The molecule has 2 unspecified atom stereocenters. The lowest BCUT2D eigenvalue weighted by Gasteiger charge is -2.35. The first-order chi connectivity index (χ1) is 11.5.